The van der Waals surface area contributed by atoms with Crippen LogP contribution in [0.1, 0.15) is 71.6 Å². The van der Waals surface area contributed by atoms with Crippen LogP contribution >= 0.6 is 0 Å². The minimum atomic E-state index is -0.667. The maximum absolute atomic E-state index is 11.9. The summed E-state index contributed by atoms with van der Waals surface area (Å²) in [6, 6.07) is 35.5. The Bertz CT molecular complexity index is 1500. The number of nitrogens with zero attached hydrogens (tertiary/aromatic N) is 1. The van der Waals surface area contributed by atoms with Gasteiger partial charge in [-0.2, -0.15) is 0 Å². The van der Waals surface area contributed by atoms with E-state index in [1.807, 2.05) is 118 Å². The van der Waals surface area contributed by atoms with Crippen LogP contribution in [-0.4, -0.2) is 53.4 Å². The van der Waals surface area contributed by atoms with Gasteiger partial charge in [0, 0.05) is 37.2 Å². The third-order valence-corrected chi connectivity index (χ3v) is 8.77. The van der Waals surface area contributed by atoms with Crippen LogP contribution in [-0.2, 0) is 22.6 Å². The summed E-state index contributed by atoms with van der Waals surface area (Å²) in [6.07, 6.45) is -1.96. The van der Waals surface area contributed by atoms with Gasteiger partial charge in [-0.1, -0.05) is 109 Å². The number of likely N-dealkylation sites (N-methyl/N-ethyl adjacent to an activating group) is 1. The third kappa shape index (κ3) is 8.20. The van der Waals surface area contributed by atoms with Crippen molar-refractivity contribution >= 4 is 6.03 Å². The van der Waals surface area contributed by atoms with Crippen molar-refractivity contribution in [2.24, 2.45) is 0 Å². The Hall–Kier alpha value is -4.05. The van der Waals surface area contributed by atoms with E-state index in [4.69, 9.17) is 9.47 Å². The van der Waals surface area contributed by atoms with E-state index in [2.05, 4.69) is 27.7 Å². The Kier molecular flexibility index (Phi) is 11.6. The van der Waals surface area contributed by atoms with Gasteiger partial charge < -0.3 is 30.3 Å². The summed E-state index contributed by atoms with van der Waals surface area (Å²) in [6.45, 7) is 5.40. The monoisotopic (exact) mass is 623 g/mol. The number of carbonyl (C=O) groups excluding carboxylic acids is 1. The normalized spacial score (nSPS) is 21.0. The summed E-state index contributed by atoms with van der Waals surface area (Å²) in [7, 11) is 2.02. The molecule has 5 rings (SSSR count). The summed E-state index contributed by atoms with van der Waals surface area (Å²) in [5.41, 5.74) is 5.63. The maximum Gasteiger partial charge on any atom is 0.315 e. The van der Waals surface area contributed by atoms with Crippen LogP contribution in [0, 0.1) is 0 Å². The number of ether oxygens (including phenoxy) is 2. The predicted octanol–water partition coefficient (Wildman–Crippen LogP) is 5.99. The third-order valence-electron chi connectivity index (χ3n) is 8.77. The largest absolute Gasteiger partial charge is 0.392 e. The molecule has 0 aromatic heterocycles. The highest BCUT2D eigenvalue weighted by molar-refractivity contribution is 5.73. The zero-order valence-electron chi connectivity index (χ0n) is 26.8. The molecule has 46 heavy (non-hydrogen) atoms. The number of aliphatic hydroxyl groups is 2. The summed E-state index contributed by atoms with van der Waals surface area (Å²) >= 11 is 0. The molecule has 8 heteroatoms. The highest BCUT2D eigenvalue weighted by Gasteiger charge is 2.43. The molecule has 4 aromatic rings. The second-order valence-electron chi connectivity index (χ2n) is 11.9. The van der Waals surface area contributed by atoms with Gasteiger partial charge >= 0.3 is 6.03 Å². The minimum Gasteiger partial charge on any atom is -0.392 e. The van der Waals surface area contributed by atoms with Crippen LogP contribution < -0.4 is 10.6 Å². The molecule has 4 N–H and O–H groups in total. The van der Waals surface area contributed by atoms with Gasteiger partial charge in [-0.3, -0.25) is 4.90 Å². The van der Waals surface area contributed by atoms with E-state index in [9.17, 15) is 15.0 Å². The number of benzene rings is 4. The molecule has 6 unspecified atom stereocenters. The maximum atomic E-state index is 11.9. The standard InChI is InChI=1S/C38H45N3O5/c1-4-39-38(44)40-23-27-15-21-32(22-16-27)37-45-33(24-41(3)26(2)35(43)30-13-9-6-10-14-30)34(29-11-7-5-8-12-29)36(46-37)31-19-17-28(25-42)18-20-31/h5-22,26,33-37,42-43H,4,23-25H2,1-3H3,(H2,39,40,44). The van der Waals surface area contributed by atoms with Gasteiger partial charge in [0.15, 0.2) is 6.29 Å². The number of hydrogen-bond acceptors (Lipinski definition) is 6. The lowest BCUT2D eigenvalue weighted by molar-refractivity contribution is -0.264. The number of carbonyl (C=O) groups is 1. The van der Waals surface area contributed by atoms with E-state index in [0.29, 0.717) is 19.6 Å². The van der Waals surface area contributed by atoms with Crippen molar-refractivity contribution in [3.05, 3.63) is 143 Å². The fraction of sp³-hybridized carbons (Fsp3) is 0.342. The molecule has 0 aliphatic carbocycles. The van der Waals surface area contributed by atoms with Crippen LogP contribution in [0.5, 0.6) is 0 Å². The zero-order chi connectivity index (χ0) is 32.5. The summed E-state index contributed by atoms with van der Waals surface area (Å²) in [5, 5.41) is 26.6. The van der Waals surface area contributed by atoms with Gasteiger partial charge in [0.05, 0.1) is 24.9 Å². The molecule has 1 aliphatic heterocycles. The molecule has 1 aliphatic rings. The van der Waals surface area contributed by atoms with Crippen molar-refractivity contribution in [3.8, 4) is 0 Å². The van der Waals surface area contributed by atoms with Crippen molar-refractivity contribution < 1.29 is 24.5 Å². The number of hydrogen-bond donors (Lipinski definition) is 4. The van der Waals surface area contributed by atoms with Gasteiger partial charge in [-0.05, 0) is 48.7 Å². The Labute approximate surface area is 272 Å². The molecule has 4 aromatic carbocycles. The second-order valence-corrected chi connectivity index (χ2v) is 11.9. The molecular weight excluding hydrogens is 578 g/mol. The van der Waals surface area contributed by atoms with Crippen molar-refractivity contribution in [3.63, 3.8) is 0 Å². The first-order chi connectivity index (χ1) is 22.4. The highest BCUT2D eigenvalue weighted by atomic mass is 16.7. The smallest absolute Gasteiger partial charge is 0.315 e. The average molecular weight is 624 g/mol. The van der Waals surface area contributed by atoms with Crippen molar-refractivity contribution in [1.82, 2.24) is 15.5 Å². The molecule has 0 radical (unpaired) electrons. The topological polar surface area (TPSA) is 103 Å². The summed E-state index contributed by atoms with van der Waals surface area (Å²) < 4.78 is 13.7. The quantitative estimate of drug-likeness (QED) is 0.155. The Balaban J connectivity index is 1.46. The molecule has 0 saturated carbocycles. The lowest BCUT2D eigenvalue weighted by Crippen LogP contribution is -2.46. The molecule has 1 heterocycles. The molecule has 0 bridgehead atoms. The molecule has 1 fully saturated rings. The molecule has 6 atom stereocenters. The highest BCUT2D eigenvalue weighted by Crippen LogP contribution is 2.47. The van der Waals surface area contributed by atoms with E-state index < -0.39 is 12.4 Å². The number of nitrogens with one attached hydrogen (secondary N) is 2. The van der Waals surface area contributed by atoms with Crippen LogP contribution in [0.4, 0.5) is 4.79 Å². The van der Waals surface area contributed by atoms with Crippen LogP contribution in [0.2, 0.25) is 0 Å². The molecule has 1 saturated heterocycles. The fourth-order valence-electron chi connectivity index (χ4n) is 5.98. The van der Waals surface area contributed by atoms with E-state index in [1.54, 1.807) is 0 Å². The zero-order valence-corrected chi connectivity index (χ0v) is 26.8. The lowest BCUT2D eigenvalue weighted by Gasteiger charge is -2.45. The minimum absolute atomic E-state index is 0.0317. The SMILES string of the molecule is CCNC(=O)NCc1ccc(C2OC(CN(C)C(C)C(O)c3ccccc3)C(c3ccccc3)C(c3ccc(CO)cc3)O2)cc1. The van der Waals surface area contributed by atoms with Crippen molar-refractivity contribution in [1.29, 1.82) is 0 Å². The van der Waals surface area contributed by atoms with Crippen molar-refractivity contribution in [2.75, 3.05) is 20.1 Å². The van der Waals surface area contributed by atoms with Crippen LogP contribution in [0.25, 0.3) is 0 Å². The first-order valence-electron chi connectivity index (χ1n) is 16.0. The fourth-order valence-corrected chi connectivity index (χ4v) is 5.98. The van der Waals surface area contributed by atoms with Crippen LogP contribution in [0.3, 0.4) is 0 Å². The number of urea groups is 1. The van der Waals surface area contributed by atoms with Gasteiger partial charge in [0.1, 0.15) is 0 Å². The Morgan fingerprint density at radius 1 is 0.804 bits per heavy atom. The Morgan fingerprint density at radius 3 is 2.04 bits per heavy atom. The average Bonchev–Trinajstić information content (AvgIpc) is 3.11. The first-order valence-corrected chi connectivity index (χ1v) is 16.0. The Morgan fingerprint density at radius 2 is 1.41 bits per heavy atom. The number of amides is 2. The van der Waals surface area contributed by atoms with E-state index >= 15 is 0 Å². The van der Waals surface area contributed by atoms with Gasteiger partial charge in [0.2, 0.25) is 0 Å². The predicted molar refractivity (Wildman–Crippen MR) is 179 cm³/mol. The second kappa shape index (κ2) is 16.0. The molecule has 8 nitrogen and oxygen atoms in total. The van der Waals surface area contributed by atoms with E-state index in [1.165, 1.54) is 0 Å². The van der Waals surface area contributed by atoms with E-state index in [-0.39, 0.29) is 36.8 Å². The lowest BCUT2D eigenvalue weighted by atomic mass is 9.83. The molecule has 0 spiro atoms. The van der Waals surface area contributed by atoms with Gasteiger partial charge in [-0.25, -0.2) is 4.79 Å². The molecule has 242 valence electrons. The van der Waals surface area contributed by atoms with Gasteiger partial charge in [0.25, 0.3) is 0 Å². The number of rotatable bonds is 12. The molecule has 2 amide bonds. The van der Waals surface area contributed by atoms with Crippen LogP contribution in [0.15, 0.2) is 109 Å². The number of aliphatic hydroxyl groups excluding tert-OH is 2. The van der Waals surface area contributed by atoms with E-state index in [0.717, 1.165) is 33.4 Å². The van der Waals surface area contributed by atoms with Crippen molar-refractivity contribution in [2.45, 2.75) is 63.6 Å². The first kappa shape index (κ1) is 33.3. The molecular formula is C38H45N3O5. The van der Waals surface area contributed by atoms with Gasteiger partial charge in [-0.15, -0.1) is 0 Å². The summed E-state index contributed by atoms with van der Waals surface area (Å²) in [4.78, 5) is 14.0. The summed E-state index contributed by atoms with van der Waals surface area (Å²) in [5.74, 6) is -0.151.